The van der Waals surface area contributed by atoms with Gasteiger partial charge >= 0.3 is 0 Å². The lowest BCUT2D eigenvalue weighted by molar-refractivity contribution is 0.0650. The third-order valence-corrected chi connectivity index (χ3v) is 4.17. The highest BCUT2D eigenvalue weighted by molar-refractivity contribution is 9.10. The Morgan fingerprint density at radius 1 is 1.44 bits per heavy atom. The normalized spacial score (nSPS) is 16.9. The Hall–Kier alpha value is -0.870. The molecule has 3 nitrogen and oxygen atoms in total. The second kappa shape index (κ2) is 5.85. The molecule has 2 rings (SSSR count). The number of aliphatic hydroxyl groups excluding tert-OH is 1. The van der Waals surface area contributed by atoms with E-state index >= 15 is 0 Å². The first-order chi connectivity index (χ1) is 8.61. The SMILES string of the molecule is Cc1ccc(C(=O)N2CCC(CO)CC2)c(Br)c1. The van der Waals surface area contributed by atoms with E-state index < -0.39 is 0 Å². The number of piperidine rings is 1. The summed E-state index contributed by atoms with van der Waals surface area (Å²) in [6.07, 6.45) is 1.79. The molecule has 0 atom stereocenters. The molecule has 18 heavy (non-hydrogen) atoms. The van der Waals surface area contributed by atoms with Gasteiger partial charge in [0.15, 0.2) is 0 Å². The van der Waals surface area contributed by atoms with Crippen molar-refractivity contribution in [3.63, 3.8) is 0 Å². The highest BCUT2D eigenvalue weighted by Gasteiger charge is 2.24. The lowest BCUT2D eigenvalue weighted by Gasteiger charge is -2.31. The monoisotopic (exact) mass is 311 g/mol. The van der Waals surface area contributed by atoms with Crippen molar-refractivity contribution in [3.8, 4) is 0 Å². The molecule has 0 radical (unpaired) electrons. The molecule has 0 aliphatic carbocycles. The van der Waals surface area contributed by atoms with E-state index in [2.05, 4.69) is 15.9 Å². The molecule has 1 aromatic carbocycles. The van der Waals surface area contributed by atoms with E-state index in [0.29, 0.717) is 5.92 Å². The average Bonchev–Trinajstić information content (AvgIpc) is 2.38. The van der Waals surface area contributed by atoms with Crippen molar-refractivity contribution in [3.05, 3.63) is 33.8 Å². The van der Waals surface area contributed by atoms with E-state index in [0.717, 1.165) is 41.5 Å². The molecule has 1 saturated heterocycles. The molecule has 1 aliphatic heterocycles. The van der Waals surface area contributed by atoms with Crippen LogP contribution in [0.3, 0.4) is 0 Å². The Labute approximate surface area is 116 Å². The number of aryl methyl sites for hydroxylation is 1. The quantitative estimate of drug-likeness (QED) is 0.912. The summed E-state index contributed by atoms with van der Waals surface area (Å²) < 4.78 is 0.858. The molecule has 0 saturated carbocycles. The molecule has 1 aliphatic rings. The van der Waals surface area contributed by atoms with Gasteiger partial charge in [0.1, 0.15) is 0 Å². The van der Waals surface area contributed by atoms with E-state index in [9.17, 15) is 4.79 Å². The summed E-state index contributed by atoms with van der Waals surface area (Å²) >= 11 is 3.45. The first-order valence-electron chi connectivity index (χ1n) is 6.28. The van der Waals surface area contributed by atoms with Gasteiger partial charge in [0.2, 0.25) is 0 Å². The van der Waals surface area contributed by atoms with Crippen LogP contribution in [0.5, 0.6) is 0 Å². The van der Waals surface area contributed by atoms with Crippen molar-refractivity contribution >= 4 is 21.8 Å². The van der Waals surface area contributed by atoms with Crippen LogP contribution in [0, 0.1) is 12.8 Å². The molecule has 0 spiro atoms. The summed E-state index contributed by atoms with van der Waals surface area (Å²) in [6.45, 7) is 3.72. The highest BCUT2D eigenvalue weighted by atomic mass is 79.9. The van der Waals surface area contributed by atoms with Crippen molar-refractivity contribution < 1.29 is 9.90 Å². The predicted octanol–water partition coefficient (Wildman–Crippen LogP) is 2.60. The number of rotatable bonds is 2. The largest absolute Gasteiger partial charge is 0.396 e. The fraction of sp³-hybridized carbons (Fsp3) is 0.500. The third kappa shape index (κ3) is 2.93. The molecule has 0 unspecified atom stereocenters. The lowest BCUT2D eigenvalue weighted by atomic mass is 9.97. The van der Waals surface area contributed by atoms with Gasteiger partial charge in [0, 0.05) is 24.2 Å². The fourth-order valence-electron chi connectivity index (χ4n) is 2.28. The number of aliphatic hydroxyl groups is 1. The summed E-state index contributed by atoms with van der Waals surface area (Å²) in [6, 6.07) is 5.80. The molecule has 1 fully saturated rings. The van der Waals surface area contributed by atoms with Crippen molar-refractivity contribution in [2.75, 3.05) is 19.7 Å². The summed E-state index contributed by atoms with van der Waals surface area (Å²) in [5, 5.41) is 9.10. The Kier molecular flexibility index (Phi) is 4.40. The molecule has 98 valence electrons. The van der Waals surface area contributed by atoms with Crippen molar-refractivity contribution in [1.29, 1.82) is 0 Å². The smallest absolute Gasteiger partial charge is 0.254 e. The van der Waals surface area contributed by atoms with Crippen LogP contribution in [-0.2, 0) is 0 Å². The number of halogens is 1. The molecule has 1 N–H and O–H groups in total. The summed E-state index contributed by atoms with van der Waals surface area (Å²) in [5.74, 6) is 0.439. The maximum Gasteiger partial charge on any atom is 0.254 e. The minimum absolute atomic E-state index is 0.0817. The standard InChI is InChI=1S/C14H18BrNO2/c1-10-2-3-12(13(15)8-10)14(18)16-6-4-11(9-17)5-7-16/h2-3,8,11,17H,4-7,9H2,1H3. The molecule has 1 aromatic rings. The van der Waals surface area contributed by atoms with E-state index in [1.165, 1.54) is 0 Å². The number of nitrogens with zero attached hydrogens (tertiary/aromatic N) is 1. The van der Waals surface area contributed by atoms with Gasteiger partial charge in [-0.3, -0.25) is 4.79 Å². The number of benzene rings is 1. The molecule has 0 bridgehead atoms. The fourth-order valence-corrected chi connectivity index (χ4v) is 2.95. The minimum Gasteiger partial charge on any atom is -0.396 e. The first-order valence-corrected chi connectivity index (χ1v) is 7.07. The van der Waals surface area contributed by atoms with E-state index in [1.54, 1.807) is 0 Å². The molecular weight excluding hydrogens is 294 g/mol. The van der Waals surface area contributed by atoms with Crippen LogP contribution in [0.2, 0.25) is 0 Å². The Morgan fingerprint density at radius 3 is 2.67 bits per heavy atom. The van der Waals surface area contributed by atoms with Crippen molar-refractivity contribution in [2.24, 2.45) is 5.92 Å². The molecule has 4 heteroatoms. The van der Waals surface area contributed by atoms with Gasteiger partial charge in [0.25, 0.3) is 5.91 Å². The van der Waals surface area contributed by atoms with Gasteiger partial charge in [-0.2, -0.15) is 0 Å². The Morgan fingerprint density at radius 2 is 2.11 bits per heavy atom. The number of carbonyl (C=O) groups excluding carboxylic acids is 1. The zero-order valence-corrected chi connectivity index (χ0v) is 12.1. The highest BCUT2D eigenvalue weighted by Crippen LogP contribution is 2.23. The van der Waals surface area contributed by atoms with Crippen LogP contribution in [-0.4, -0.2) is 35.6 Å². The van der Waals surface area contributed by atoms with Gasteiger partial charge in [-0.05, 0) is 59.3 Å². The van der Waals surface area contributed by atoms with E-state index in [4.69, 9.17) is 5.11 Å². The summed E-state index contributed by atoms with van der Waals surface area (Å²) in [5.41, 5.74) is 1.86. The van der Waals surface area contributed by atoms with E-state index in [1.807, 2.05) is 30.0 Å². The maximum absolute atomic E-state index is 12.4. The summed E-state index contributed by atoms with van der Waals surface area (Å²) in [7, 11) is 0. The number of carbonyl (C=O) groups is 1. The molecule has 1 heterocycles. The van der Waals surface area contributed by atoms with Gasteiger partial charge in [-0.25, -0.2) is 0 Å². The maximum atomic E-state index is 12.4. The predicted molar refractivity (Wildman–Crippen MR) is 74.6 cm³/mol. The zero-order chi connectivity index (χ0) is 13.1. The number of hydrogen-bond donors (Lipinski definition) is 1. The van der Waals surface area contributed by atoms with Crippen LogP contribution in [0.15, 0.2) is 22.7 Å². The molecular formula is C14H18BrNO2. The third-order valence-electron chi connectivity index (χ3n) is 3.51. The number of amides is 1. The zero-order valence-electron chi connectivity index (χ0n) is 10.5. The van der Waals surface area contributed by atoms with Crippen LogP contribution in [0.4, 0.5) is 0 Å². The van der Waals surface area contributed by atoms with Gasteiger partial charge in [0.05, 0.1) is 5.56 Å². The van der Waals surface area contributed by atoms with Crippen molar-refractivity contribution in [1.82, 2.24) is 4.90 Å². The first kappa shape index (κ1) is 13.6. The van der Waals surface area contributed by atoms with Crippen LogP contribution >= 0.6 is 15.9 Å². The number of likely N-dealkylation sites (tertiary alicyclic amines) is 1. The number of hydrogen-bond acceptors (Lipinski definition) is 2. The molecule has 1 amide bonds. The molecule has 0 aromatic heterocycles. The van der Waals surface area contributed by atoms with Crippen LogP contribution in [0.25, 0.3) is 0 Å². The lowest BCUT2D eigenvalue weighted by Crippen LogP contribution is -2.39. The van der Waals surface area contributed by atoms with Crippen molar-refractivity contribution in [2.45, 2.75) is 19.8 Å². The Balaban J connectivity index is 2.08. The van der Waals surface area contributed by atoms with E-state index in [-0.39, 0.29) is 12.5 Å². The topological polar surface area (TPSA) is 40.5 Å². The average molecular weight is 312 g/mol. The summed E-state index contributed by atoms with van der Waals surface area (Å²) in [4.78, 5) is 14.2. The minimum atomic E-state index is 0.0817. The second-order valence-corrected chi connectivity index (χ2v) is 5.76. The Bertz CT molecular complexity index is 439. The second-order valence-electron chi connectivity index (χ2n) is 4.90. The van der Waals surface area contributed by atoms with Gasteiger partial charge in [-0.1, -0.05) is 6.07 Å². The van der Waals surface area contributed by atoms with Gasteiger partial charge in [-0.15, -0.1) is 0 Å². The van der Waals surface area contributed by atoms with Crippen LogP contribution in [0.1, 0.15) is 28.8 Å². The van der Waals surface area contributed by atoms with Gasteiger partial charge < -0.3 is 10.0 Å². The van der Waals surface area contributed by atoms with Crippen LogP contribution < -0.4 is 0 Å².